The summed E-state index contributed by atoms with van der Waals surface area (Å²) < 4.78 is 7.33. The summed E-state index contributed by atoms with van der Waals surface area (Å²) in [4.78, 5) is 15.6. The smallest absolute Gasteiger partial charge is 0.341 e. The summed E-state index contributed by atoms with van der Waals surface area (Å²) in [6.07, 6.45) is 5.06. The van der Waals surface area contributed by atoms with Crippen LogP contribution < -0.4 is 0 Å². The summed E-state index contributed by atoms with van der Waals surface area (Å²) in [5, 5.41) is 18.0. The molecule has 0 spiro atoms. The van der Waals surface area contributed by atoms with Gasteiger partial charge in [-0.1, -0.05) is 35.5 Å². The van der Waals surface area contributed by atoms with Crippen LogP contribution in [0.3, 0.4) is 0 Å². The van der Waals surface area contributed by atoms with Gasteiger partial charge in [0.2, 0.25) is 5.54 Å². The first kappa shape index (κ1) is 21.6. The van der Waals surface area contributed by atoms with Crippen LogP contribution in [0.25, 0.3) is 0 Å². The van der Waals surface area contributed by atoms with Gasteiger partial charge in [0.05, 0.1) is 12.8 Å². The Kier molecular flexibility index (Phi) is 7.22. The number of benzene rings is 1. The molecule has 0 radical (unpaired) electrons. The first-order valence-electron chi connectivity index (χ1n) is 8.70. The van der Waals surface area contributed by atoms with Gasteiger partial charge in [-0.05, 0) is 37.4 Å². The highest BCUT2D eigenvalue weighted by Gasteiger charge is 2.47. The number of carbonyl (C=O) groups is 1. The van der Waals surface area contributed by atoms with Gasteiger partial charge in [0.1, 0.15) is 6.10 Å². The number of aliphatic hydroxyl groups excluding tert-OH is 1. The number of nitrogens with zero attached hydrogens (tertiary/aromatic N) is 4. The van der Waals surface area contributed by atoms with Gasteiger partial charge in [-0.15, -0.1) is 29.9 Å². The van der Waals surface area contributed by atoms with Gasteiger partial charge in [0.25, 0.3) is 0 Å². The number of piperidine rings is 3. The molecule has 2 atom stereocenters. The molecular formula is C18H24Cl2N4O3. The maximum atomic E-state index is 13.3. The summed E-state index contributed by atoms with van der Waals surface area (Å²) in [7, 11) is 0. The van der Waals surface area contributed by atoms with Crippen LogP contribution in [0.15, 0.2) is 42.7 Å². The van der Waals surface area contributed by atoms with Crippen LogP contribution in [0.4, 0.5) is 0 Å². The molecule has 0 saturated carbocycles. The van der Waals surface area contributed by atoms with Crippen LogP contribution in [0.2, 0.25) is 0 Å². The molecule has 1 aromatic carbocycles. The Labute approximate surface area is 170 Å². The predicted octanol–water partition coefficient (Wildman–Crippen LogP) is 1.49. The number of carbonyl (C=O) groups excluding carboxylic acids is 1. The highest BCUT2D eigenvalue weighted by atomic mass is 35.5. The van der Waals surface area contributed by atoms with Crippen LogP contribution in [0.5, 0.6) is 0 Å². The van der Waals surface area contributed by atoms with Crippen molar-refractivity contribution in [1.82, 2.24) is 19.9 Å². The second kappa shape index (κ2) is 9.01. The van der Waals surface area contributed by atoms with Crippen LogP contribution >= 0.6 is 24.8 Å². The third-order valence-electron chi connectivity index (χ3n) is 5.49. The molecule has 5 rings (SSSR count). The lowest BCUT2D eigenvalue weighted by molar-refractivity contribution is -0.170. The van der Waals surface area contributed by atoms with E-state index in [0.717, 1.165) is 32.5 Å². The largest absolute Gasteiger partial charge is 0.459 e. The third kappa shape index (κ3) is 3.82. The molecule has 2 unspecified atom stereocenters. The Morgan fingerprint density at radius 3 is 2.44 bits per heavy atom. The molecule has 2 aromatic rings. The van der Waals surface area contributed by atoms with E-state index in [4.69, 9.17) is 4.74 Å². The first-order valence-corrected chi connectivity index (χ1v) is 8.70. The van der Waals surface area contributed by atoms with E-state index >= 15 is 0 Å². The van der Waals surface area contributed by atoms with Gasteiger partial charge >= 0.3 is 5.97 Å². The number of esters is 1. The summed E-state index contributed by atoms with van der Waals surface area (Å²) in [5.74, 6) is -0.0812. The van der Waals surface area contributed by atoms with E-state index in [1.165, 1.54) is 10.9 Å². The van der Waals surface area contributed by atoms with Crippen molar-refractivity contribution >= 4 is 30.8 Å². The Hall–Kier alpha value is -1.67. The van der Waals surface area contributed by atoms with Crippen LogP contribution in [-0.2, 0) is 15.1 Å². The molecule has 3 aliphatic heterocycles. The zero-order valence-corrected chi connectivity index (χ0v) is 16.4. The maximum Gasteiger partial charge on any atom is 0.341 e. The summed E-state index contributed by atoms with van der Waals surface area (Å²) in [5.41, 5.74) is -0.779. The van der Waals surface area contributed by atoms with Gasteiger partial charge in [0, 0.05) is 12.7 Å². The van der Waals surface area contributed by atoms with E-state index in [9.17, 15) is 9.90 Å². The molecule has 1 aromatic heterocycles. The van der Waals surface area contributed by atoms with Gasteiger partial charge in [-0.3, -0.25) is 4.90 Å². The van der Waals surface area contributed by atoms with E-state index < -0.39 is 18.1 Å². The second-order valence-electron chi connectivity index (χ2n) is 6.81. The summed E-state index contributed by atoms with van der Waals surface area (Å²) in [6, 6.07) is 9.13. The van der Waals surface area contributed by atoms with E-state index in [0.29, 0.717) is 11.5 Å². The molecule has 0 aliphatic carbocycles. The molecule has 0 amide bonds. The summed E-state index contributed by atoms with van der Waals surface area (Å²) in [6.45, 7) is 2.47. The molecule has 27 heavy (non-hydrogen) atoms. The Balaban J connectivity index is 0.00000131. The van der Waals surface area contributed by atoms with Crippen molar-refractivity contribution in [3.05, 3.63) is 48.3 Å². The minimum Gasteiger partial charge on any atom is -0.459 e. The van der Waals surface area contributed by atoms with E-state index in [1.54, 1.807) is 18.3 Å². The molecule has 3 saturated heterocycles. The van der Waals surface area contributed by atoms with Crippen molar-refractivity contribution in [3.8, 4) is 0 Å². The highest BCUT2D eigenvalue weighted by molar-refractivity contribution is 5.85. The Morgan fingerprint density at radius 1 is 1.22 bits per heavy atom. The fraction of sp³-hybridized carbons (Fsp3) is 0.500. The molecule has 3 aliphatic rings. The SMILES string of the molecule is Cl.Cl.O=C(OC1CN2CCC1CC2)C(CO)(c1ccccc1)n1ccnn1. The zero-order chi connectivity index (χ0) is 17.3. The van der Waals surface area contributed by atoms with Crippen molar-refractivity contribution < 1.29 is 14.6 Å². The summed E-state index contributed by atoms with van der Waals surface area (Å²) >= 11 is 0. The average molecular weight is 415 g/mol. The normalized spacial score (nSPS) is 25.6. The van der Waals surface area contributed by atoms with Gasteiger partial charge < -0.3 is 9.84 Å². The van der Waals surface area contributed by atoms with E-state index in [-0.39, 0.29) is 30.9 Å². The molecule has 2 bridgehead atoms. The van der Waals surface area contributed by atoms with Crippen molar-refractivity contribution in [2.45, 2.75) is 24.5 Å². The highest BCUT2D eigenvalue weighted by Crippen LogP contribution is 2.33. The van der Waals surface area contributed by atoms with E-state index in [1.807, 2.05) is 18.2 Å². The predicted molar refractivity (Wildman–Crippen MR) is 104 cm³/mol. The minimum atomic E-state index is -1.41. The number of aliphatic hydroxyl groups is 1. The topological polar surface area (TPSA) is 80.5 Å². The number of fused-ring (bicyclic) bond motifs is 3. The van der Waals surface area contributed by atoms with Crippen LogP contribution in [0, 0.1) is 5.92 Å². The van der Waals surface area contributed by atoms with Gasteiger partial charge in [-0.25, -0.2) is 9.48 Å². The third-order valence-corrected chi connectivity index (χ3v) is 5.49. The zero-order valence-electron chi connectivity index (χ0n) is 14.8. The second-order valence-corrected chi connectivity index (χ2v) is 6.81. The number of rotatable bonds is 5. The number of hydrogen-bond acceptors (Lipinski definition) is 6. The molecule has 3 fully saturated rings. The number of ether oxygens (including phenoxy) is 1. The average Bonchev–Trinajstić information content (AvgIpc) is 3.20. The lowest BCUT2D eigenvalue weighted by Crippen LogP contribution is -2.55. The molecule has 7 nitrogen and oxygen atoms in total. The monoisotopic (exact) mass is 414 g/mol. The standard InChI is InChI=1S/C18H22N4O3.2ClH/c23-13-18(22-11-8-19-20-22,15-4-2-1-3-5-15)17(24)25-16-12-21-9-6-14(16)7-10-21;;/h1-5,8,11,14,16,23H,6-7,9-10,12-13H2;2*1H. The molecule has 148 valence electrons. The molecule has 4 heterocycles. The lowest BCUT2D eigenvalue weighted by Gasteiger charge is -2.45. The quantitative estimate of drug-likeness (QED) is 0.746. The Bertz CT molecular complexity index is 723. The van der Waals surface area contributed by atoms with Gasteiger partial charge in [-0.2, -0.15) is 0 Å². The van der Waals surface area contributed by atoms with Crippen LogP contribution in [0.1, 0.15) is 18.4 Å². The van der Waals surface area contributed by atoms with Crippen molar-refractivity contribution in [1.29, 1.82) is 0 Å². The van der Waals surface area contributed by atoms with Crippen molar-refractivity contribution in [3.63, 3.8) is 0 Å². The molecule has 9 heteroatoms. The fourth-order valence-electron chi connectivity index (χ4n) is 3.98. The van der Waals surface area contributed by atoms with E-state index in [2.05, 4.69) is 15.2 Å². The fourth-order valence-corrected chi connectivity index (χ4v) is 3.98. The number of aromatic nitrogens is 3. The van der Waals surface area contributed by atoms with Gasteiger partial charge in [0.15, 0.2) is 0 Å². The van der Waals surface area contributed by atoms with Crippen molar-refractivity contribution in [2.75, 3.05) is 26.2 Å². The Morgan fingerprint density at radius 2 is 1.93 bits per heavy atom. The van der Waals surface area contributed by atoms with Crippen molar-refractivity contribution in [2.24, 2.45) is 5.92 Å². The van der Waals surface area contributed by atoms with Crippen LogP contribution in [-0.4, -0.2) is 63.3 Å². The molecule has 1 N–H and O–H groups in total. The first-order chi connectivity index (χ1) is 12.2. The minimum absolute atomic E-state index is 0. The number of halogens is 2. The molecular weight excluding hydrogens is 391 g/mol. The lowest BCUT2D eigenvalue weighted by atomic mass is 9.85. The number of hydrogen-bond donors (Lipinski definition) is 1. The maximum absolute atomic E-state index is 13.3.